The zero-order chi connectivity index (χ0) is 14.7. The fourth-order valence-electron chi connectivity index (χ4n) is 1.89. The average Bonchev–Trinajstić information content (AvgIpc) is 2.75. The van der Waals surface area contributed by atoms with Crippen molar-refractivity contribution in [3.05, 3.63) is 18.3 Å². The first-order chi connectivity index (χ1) is 9.58. The molecule has 2 aromatic rings. The largest absolute Gasteiger partial charge is 0.493 e. The molecule has 1 heterocycles. The molecule has 1 aromatic carbocycles. The average molecular weight is 278 g/mol. The third kappa shape index (κ3) is 2.56. The van der Waals surface area contributed by atoms with E-state index in [-0.39, 0.29) is 0 Å². The van der Waals surface area contributed by atoms with Crippen molar-refractivity contribution in [1.29, 1.82) is 0 Å². The Bertz CT molecular complexity index is 585. The number of ether oxygens (including phenoxy) is 3. The van der Waals surface area contributed by atoms with E-state index in [2.05, 4.69) is 10.4 Å². The van der Waals surface area contributed by atoms with Gasteiger partial charge in [-0.2, -0.15) is 5.10 Å². The lowest BCUT2D eigenvalue weighted by atomic mass is 10.2. The highest BCUT2D eigenvalue weighted by Crippen LogP contribution is 2.40. The summed E-state index contributed by atoms with van der Waals surface area (Å²) in [6.07, 6.45) is 1.72. The highest BCUT2D eigenvalue weighted by molar-refractivity contribution is 5.72. The van der Waals surface area contributed by atoms with Crippen LogP contribution in [-0.4, -0.2) is 31.1 Å². The van der Waals surface area contributed by atoms with Crippen LogP contribution in [0.25, 0.3) is 0 Å². The second kappa shape index (κ2) is 5.60. The summed E-state index contributed by atoms with van der Waals surface area (Å²) in [5.74, 6) is 2.23. The number of nitrogens with zero attached hydrogens (tertiary/aromatic N) is 2. The molecule has 0 aliphatic heterocycles. The molecule has 0 aliphatic carbocycles. The van der Waals surface area contributed by atoms with E-state index in [4.69, 9.17) is 19.9 Å². The Labute approximate surface area is 117 Å². The molecule has 0 amide bonds. The van der Waals surface area contributed by atoms with Crippen LogP contribution >= 0.6 is 0 Å². The minimum Gasteiger partial charge on any atom is -0.493 e. The summed E-state index contributed by atoms with van der Waals surface area (Å²) in [5.41, 5.74) is 7.15. The van der Waals surface area contributed by atoms with E-state index in [1.54, 1.807) is 51.4 Å². The van der Waals surface area contributed by atoms with Gasteiger partial charge < -0.3 is 25.3 Å². The number of nitrogens with two attached hydrogens (primary N) is 1. The third-order valence-electron chi connectivity index (χ3n) is 2.78. The summed E-state index contributed by atoms with van der Waals surface area (Å²) < 4.78 is 17.5. The minimum atomic E-state index is 0.537. The van der Waals surface area contributed by atoms with Gasteiger partial charge in [-0.15, -0.1) is 0 Å². The van der Waals surface area contributed by atoms with Gasteiger partial charge in [0.1, 0.15) is 0 Å². The maximum atomic E-state index is 5.85. The van der Waals surface area contributed by atoms with Gasteiger partial charge in [-0.1, -0.05) is 0 Å². The highest BCUT2D eigenvalue weighted by Gasteiger charge is 2.14. The predicted molar refractivity (Wildman–Crippen MR) is 77.0 cm³/mol. The number of aromatic nitrogens is 2. The quantitative estimate of drug-likeness (QED) is 0.867. The van der Waals surface area contributed by atoms with Crippen molar-refractivity contribution in [2.24, 2.45) is 7.05 Å². The summed E-state index contributed by atoms with van der Waals surface area (Å²) in [6.45, 7) is 0. The molecule has 0 spiro atoms. The van der Waals surface area contributed by atoms with Gasteiger partial charge >= 0.3 is 0 Å². The first-order valence-corrected chi connectivity index (χ1v) is 5.95. The van der Waals surface area contributed by atoms with Crippen molar-refractivity contribution >= 4 is 17.2 Å². The first-order valence-electron chi connectivity index (χ1n) is 5.95. The standard InChI is InChI=1S/C13H18N4O3/c1-17-7-9(14)13(16-17)15-8-5-10(18-2)12(20-4)11(6-8)19-3/h5-7H,14H2,1-4H3,(H,15,16). The molecule has 3 N–H and O–H groups in total. The van der Waals surface area contributed by atoms with E-state index in [1.165, 1.54) is 0 Å². The SMILES string of the molecule is COc1cc(Nc2nn(C)cc2N)cc(OC)c1OC. The zero-order valence-corrected chi connectivity index (χ0v) is 11.9. The van der Waals surface area contributed by atoms with Crippen LogP contribution in [0.3, 0.4) is 0 Å². The Morgan fingerprint density at radius 1 is 1.10 bits per heavy atom. The summed E-state index contributed by atoms with van der Waals surface area (Å²) in [6, 6.07) is 3.57. The van der Waals surface area contributed by atoms with Crippen molar-refractivity contribution in [3.63, 3.8) is 0 Å². The van der Waals surface area contributed by atoms with Gasteiger partial charge in [0, 0.05) is 31.1 Å². The van der Waals surface area contributed by atoms with Crippen molar-refractivity contribution in [2.45, 2.75) is 0 Å². The number of nitrogens with one attached hydrogen (secondary N) is 1. The van der Waals surface area contributed by atoms with Crippen molar-refractivity contribution in [2.75, 3.05) is 32.4 Å². The number of benzene rings is 1. The molecule has 0 aliphatic rings. The Morgan fingerprint density at radius 3 is 2.10 bits per heavy atom. The summed E-state index contributed by atoms with van der Waals surface area (Å²) in [4.78, 5) is 0. The Balaban J connectivity index is 2.39. The van der Waals surface area contributed by atoms with E-state index in [0.717, 1.165) is 5.69 Å². The minimum absolute atomic E-state index is 0.537. The highest BCUT2D eigenvalue weighted by atomic mass is 16.5. The van der Waals surface area contributed by atoms with E-state index < -0.39 is 0 Å². The molecular weight excluding hydrogens is 260 g/mol. The lowest BCUT2D eigenvalue weighted by Crippen LogP contribution is -1.99. The smallest absolute Gasteiger partial charge is 0.203 e. The number of rotatable bonds is 5. The number of anilines is 3. The van der Waals surface area contributed by atoms with Crippen LogP contribution in [-0.2, 0) is 7.05 Å². The van der Waals surface area contributed by atoms with Crippen LogP contribution in [0.5, 0.6) is 17.2 Å². The number of nitrogen functional groups attached to an aromatic ring is 1. The van der Waals surface area contributed by atoms with Gasteiger partial charge in [0.05, 0.1) is 27.0 Å². The Kier molecular flexibility index (Phi) is 3.88. The maximum absolute atomic E-state index is 5.85. The number of hydrogen-bond acceptors (Lipinski definition) is 6. The fourth-order valence-corrected chi connectivity index (χ4v) is 1.89. The van der Waals surface area contributed by atoms with Gasteiger partial charge in [0.25, 0.3) is 0 Å². The van der Waals surface area contributed by atoms with E-state index in [1.807, 2.05) is 0 Å². The molecule has 1 aromatic heterocycles. The lowest BCUT2D eigenvalue weighted by molar-refractivity contribution is 0.324. The second-order valence-electron chi connectivity index (χ2n) is 4.15. The molecule has 0 saturated heterocycles. The summed E-state index contributed by atoms with van der Waals surface area (Å²) in [5, 5.41) is 7.35. The Morgan fingerprint density at radius 2 is 1.70 bits per heavy atom. The number of aryl methyl sites for hydroxylation is 1. The normalized spacial score (nSPS) is 10.2. The van der Waals surface area contributed by atoms with E-state index in [9.17, 15) is 0 Å². The van der Waals surface area contributed by atoms with Gasteiger partial charge in [0.15, 0.2) is 17.3 Å². The lowest BCUT2D eigenvalue weighted by Gasteiger charge is -2.14. The molecule has 7 heteroatoms. The van der Waals surface area contributed by atoms with Crippen LogP contribution in [0.15, 0.2) is 18.3 Å². The van der Waals surface area contributed by atoms with Crippen molar-refractivity contribution in [1.82, 2.24) is 9.78 Å². The molecule has 0 saturated carbocycles. The fraction of sp³-hybridized carbons (Fsp3) is 0.308. The monoisotopic (exact) mass is 278 g/mol. The van der Waals surface area contributed by atoms with Crippen molar-refractivity contribution in [3.8, 4) is 17.2 Å². The molecule has 0 radical (unpaired) electrons. The molecule has 2 rings (SSSR count). The summed E-state index contributed by atoms with van der Waals surface area (Å²) >= 11 is 0. The molecular formula is C13H18N4O3. The zero-order valence-electron chi connectivity index (χ0n) is 11.9. The predicted octanol–water partition coefficient (Wildman–Crippen LogP) is 1.77. The van der Waals surface area contributed by atoms with Crippen LogP contribution < -0.4 is 25.3 Å². The number of hydrogen-bond donors (Lipinski definition) is 2. The molecule has 108 valence electrons. The topological polar surface area (TPSA) is 83.6 Å². The van der Waals surface area contributed by atoms with Crippen LogP contribution in [0.1, 0.15) is 0 Å². The molecule has 7 nitrogen and oxygen atoms in total. The number of methoxy groups -OCH3 is 3. The third-order valence-corrected chi connectivity index (χ3v) is 2.78. The van der Waals surface area contributed by atoms with Gasteiger partial charge in [-0.05, 0) is 0 Å². The molecule has 0 bridgehead atoms. The van der Waals surface area contributed by atoms with E-state index >= 15 is 0 Å². The summed E-state index contributed by atoms with van der Waals surface area (Å²) in [7, 11) is 6.49. The molecule has 0 atom stereocenters. The maximum Gasteiger partial charge on any atom is 0.203 e. The van der Waals surface area contributed by atoms with E-state index in [0.29, 0.717) is 28.8 Å². The Hall–Kier alpha value is -2.57. The molecule has 0 unspecified atom stereocenters. The molecule has 20 heavy (non-hydrogen) atoms. The first kappa shape index (κ1) is 13.9. The molecule has 0 fully saturated rings. The van der Waals surface area contributed by atoms with Gasteiger partial charge in [0.2, 0.25) is 5.75 Å². The van der Waals surface area contributed by atoms with Crippen LogP contribution in [0.4, 0.5) is 17.2 Å². The van der Waals surface area contributed by atoms with Crippen molar-refractivity contribution < 1.29 is 14.2 Å². The second-order valence-corrected chi connectivity index (χ2v) is 4.15. The van der Waals surface area contributed by atoms with Gasteiger partial charge in [-0.3, -0.25) is 4.68 Å². The van der Waals surface area contributed by atoms with Crippen LogP contribution in [0, 0.1) is 0 Å². The van der Waals surface area contributed by atoms with Crippen LogP contribution in [0.2, 0.25) is 0 Å². The van der Waals surface area contributed by atoms with Gasteiger partial charge in [-0.25, -0.2) is 0 Å².